The Labute approximate surface area is 205 Å². The molecule has 7 nitrogen and oxygen atoms in total. The molecule has 0 aliphatic heterocycles. The van der Waals surface area contributed by atoms with E-state index in [4.69, 9.17) is 4.74 Å². The highest BCUT2D eigenvalue weighted by Crippen LogP contribution is 2.21. The van der Waals surface area contributed by atoms with Gasteiger partial charge in [0.15, 0.2) is 0 Å². The Hall–Kier alpha value is -1.76. The van der Waals surface area contributed by atoms with Crippen LogP contribution in [-0.4, -0.2) is 54.4 Å². The maximum absolute atomic E-state index is 12.1. The molecule has 33 heavy (non-hydrogen) atoms. The minimum atomic E-state index is -1.37. The molecule has 190 valence electrons. The number of carbonyl (C=O) groups excluding carboxylic acids is 3. The number of aliphatic hydroxyl groups is 1. The van der Waals surface area contributed by atoms with Crippen molar-refractivity contribution in [3.63, 3.8) is 0 Å². The SMILES string of the molecule is CCCCCCCCCC=C=CCC(=O)OCC(C)(C)[C@H](O)C(=O)NCCC(=O)NCCS. The molecule has 0 heterocycles. The Kier molecular flexibility index (Phi) is 18.6. The molecule has 0 saturated heterocycles. The molecule has 0 aromatic heterocycles. The first-order valence-electron chi connectivity index (χ1n) is 12.1. The largest absolute Gasteiger partial charge is 0.465 e. The number of rotatable bonds is 19. The van der Waals surface area contributed by atoms with Gasteiger partial charge in [-0.05, 0) is 25.0 Å². The number of thiol groups is 1. The number of hydrogen-bond donors (Lipinski definition) is 4. The Morgan fingerprint density at radius 1 is 1.03 bits per heavy atom. The summed E-state index contributed by atoms with van der Waals surface area (Å²) in [7, 11) is 0. The number of carbonyl (C=O) groups is 3. The van der Waals surface area contributed by atoms with Gasteiger partial charge in [0.25, 0.3) is 0 Å². The maximum Gasteiger partial charge on any atom is 0.310 e. The highest BCUT2D eigenvalue weighted by Gasteiger charge is 2.34. The molecule has 0 bridgehead atoms. The summed E-state index contributed by atoms with van der Waals surface area (Å²) in [5, 5.41) is 15.5. The van der Waals surface area contributed by atoms with E-state index in [9.17, 15) is 19.5 Å². The van der Waals surface area contributed by atoms with Crippen molar-refractivity contribution >= 4 is 30.4 Å². The highest BCUT2D eigenvalue weighted by atomic mass is 32.1. The van der Waals surface area contributed by atoms with Crippen molar-refractivity contribution in [2.75, 3.05) is 25.4 Å². The number of hydrogen-bond acceptors (Lipinski definition) is 6. The summed E-state index contributed by atoms with van der Waals surface area (Å²) in [6.45, 7) is 5.97. The summed E-state index contributed by atoms with van der Waals surface area (Å²) < 4.78 is 5.22. The lowest BCUT2D eigenvalue weighted by Gasteiger charge is -2.28. The lowest BCUT2D eigenvalue weighted by molar-refractivity contribution is -0.152. The first-order chi connectivity index (χ1) is 15.7. The summed E-state index contributed by atoms with van der Waals surface area (Å²) in [5.74, 6) is -0.703. The number of esters is 1. The van der Waals surface area contributed by atoms with Crippen LogP contribution in [0.25, 0.3) is 0 Å². The summed E-state index contributed by atoms with van der Waals surface area (Å²) in [4.78, 5) is 35.6. The summed E-state index contributed by atoms with van der Waals surface area (Å²) in [5.41, 5.74) is 2.04. The first kappa shape index (κ1) is 31.2. The van der Waals surface area contributed by atoms with Crippen molar-refractivity contribution in [1.82, 2.24) is 10.6 Å². The van der Waals surface area contributed by atoms with Gasteiger partial charge < -0.3 is 20.5 Å². The molecule has 1 atom stereocenters. The van der Waals surface area contributed by atoms with Crippen LogP contribution in [-0.2, 0) is 19.1 Å². The van der Waals surface area contributed by atoms with Crippen molar-refractivity contribution in [1.29, 1.82) is 0 Å². The zero-order chi connectivity index (χ0) is 25.0. The van der Waals surface area contributed by atoms with Crippen molar-refractivity contribution in [3.8, 4) is 0 Å². The molecular weight excluding hydrogens is 440 g/mol. The fourth-order valence-corrected chi connectivity index (χ4v) is 3.06. The van der Waals surface area contributed by atoms with Crippen molar-refractivity contribution in [2.45, 2.75) is 91.1 Å². The fourth-order valence-electron chi connectivity index (χ4n) is 2.95. The average Bonchev–Trinajstić information content (AvgIpc) is 2.79. The van der Waals surface area contributed by atoms with Gasteiger partial charge >= 0.3 is 5.97 Å². The molecule has 8 heteroatoms. The summed E-state index contributed by atoms with van der Waals surface area (Å²) >= 11 is 4.00. The van der Waals surface area contributed by atoms with Gasteiger partial charge in [-0.15, -0.1) is 5.73 Å². The van der Waals surface area contributed by atoms with Crippen LogP contribution in [0.4, 0.5) is 0 Å². The molecule has 0 radical (unpaired) electrons. The molecule has 0 aromatic carbocycles. The number of ether oxygens (including phenoxy) is 1. The zero-order valence-corrected chi connectivity index (χ0v) is 21.6. The smallest absolute Gasteiger partial charge is 0.310 e. The van der Waals surface area contributed by atoms with Gasteiger partial charge in [0.2, 0.25) is 11.8 Å². The standard InChI is InChI=1S/C25H44N2O5S/c1-4-5-6-7-8-9-10-11-12-13-14-15-22(29)32-20-25(2,3)23(30)24(31)27-17-16-21(28)26-18-19-33/h12,14,23,30,33H,4-11,15-20H2,1-3H3,(H,26,28)(H,27,31)/t13?,23-/m1/s1. The molecule has 0 fully saturated rings. The van der Waals surface area contributed by atoms with Crippen molar-refractivity contribution in [3.05, 3.63) is 17.9 Å². The fraction of sp³-hybridized carbons (Fsp3) is 0.760. The minimum Gasteiger partial charge on any atom is -0.465 e. The van der Waals surface area contributed by atoms with E-state index in [1.54, 1.807) is 19.9 Å². The normalized spacial score (nSPS) is 11.8. The van der Waals surface area contributed by atoms with Crippen LogP contribution in [0.15, 0.2) is 17.9 Å². The number of nitrogens with one attached hydrogen (secondary N) is 2. The van der Waals surface area contributed by atoms with Crippen molar-refractivity contribution in [2.24, 2.45) is 5.41 Å². The number of aliphatic hydroxyl groups excluding tert-OH is 1. The van der Waals surface area contributed by atoms with Gasteiger partial charge in [0.1, 0.15) is 6.10 Å². The molecule has 0 aliphatic carbocycles. The summed E-state index contributed by atoms with van der Waals surface area (Å²) in [6.07, 6.45) is 12.2. The molecular formula is C25H44N2O5S. The van der Waals surface area contributed by atoms with Crippen LogP contribution in [0.2, 0.25) is 0 Å². The van der Waals surface area contributed by atoms with Gasteiger partial charge in [0, 0.05) is 30.7 Å². The van der Waals surface area contributed by atoms with E-state index in [0.717, 1.165) is 12.8 Å². The highest BCUT2D eigenvalue weighted by molar-refractivity contribution is 7.80. The third-order valence-electron chi connectivity index (χ3n) is 5.14. The molecule has 0 saturated carbocycles. The van der Waals surface area contributed by atoms with Gasteiger partial charge in [-0.3, -0.25) is 14.4 Å². The van der Waals surface area contributed by atoms with E-state index < -0.39 is 23.4 Å². The summed E-state index contributed by atoms with van der Waals surface area (Å²) in [6, 6.07) is 0. The molecule has 3 N–H and O–H groups in total. The quantitative estimate of drug-likeness (QED) is 0.0968. The maximum atomic E-state index is 12.1. The van der Waals surface area contributed by atoms with Gasteiger partial charge in [-0.2, -0.15) is 12.6 Å². The van der Waals surface area contributed by atoms with Crippen LogP contribution in [0, 0.1) is 5.41 Å². The van der Waals surface area contributed by atoms with E-state index in [2.05, 4.69) is 35.9 Å². The van der Waals surface area contributed by atoms with Crippen LogP contribution in [0.5, 0.6) is 0 Å². The second kappa shape index (κ2) is 19.7. The lowest BCUT2D eigenvalue weighted by Crippen LogP contribution is -2.47. The van der Waals surface area contributed by atoms with E-state index in [-0.39, 0.29) is 31.9 Å². The number of unbranched alkanes of at least 4 members (excludes halogenated alkanes) is 7. The Morgan fingerprint density at radius 2 is 1.70 bits per heavy atom. The monoisotopic (exact) mass is 484 g/mol. The van der Waals surface area contributed by atoms with Gasteiger partial charge in [0.05, 0.1) is 13.0 Å². The van der Waals surface area contributed by atoms with Crippen molar-refractivity contribution < 1.29 is 24.2 Å². The predicted molar refractivity (Wildman–Crippen MR) is 135 cm³/mol. The minimum absolute atomic E-state index is 0.0906. The van der Waals surface area contributed by atoms with Crippen LogP contribution < -0.4 is 10.6 Å². The zero-order valence-electron chi connectivity index (χ0n) is 20.7. The molecule has 0 rings (SSSR count). The molecule has 0 spiro atoms. The van der Waals surface area contributed by atoms with Gasteiger partial charge in [-0.1, -0.05) is 59.3 Å². The van der Waals surface area contributed by atoms with Crippen LogP contribution in [0.1, 0.15) is 85.0 Å². The Morgan fingerprint density at radius 3 is 2.36 bits per heavy atom. The van der Waals surface area contributed by atoms with Crippen LogP contribution in [0.3, 0.4) is 0 Å². The molecule has 0 aliphatic rings. The van der Waals surface area contributed by atoms with E-state index in [1.807, 2.05) is 6.08 Å². The second-order valence-electron chi connectivity index (χ2n) is 8.86. The van der Waals surface area contributed by atoms with E-state index in [0.29, 0.717) is 12.3 Å². The molecule has 0 aromatic rings. The first-order valence-corrected chi connectivity index (χ1v) is 12.8. The predicted octanol–water partition coefficient (Wildman–Crippen LogP) is 3.71. The number of amides is 2. The van der Waals surface area contributed by atoms with E-state index in [1.165, 1.54) is 38.5 Å². The third kappa shape index (κ3) is 17.4. The Balaban J connectivity index is 4.09. The topological polar surface area (TPSA) is 105 Å². The second-order valence-corrected chi connectivity index (χ2v) is 9.30. The Bertz CT molecular complexity index is 630. The molecule has 0 unspecified atom stereocenters. The van der Waals surface area contributed by atoms with E-state index >= 15 is 0 Å². The lowest BCUT2D eigenvalue weighted by atomic mass is 9.87. The van der Waals surface area contributed by atoms with Crippen LogP contribution >= 0.6 is 12.6 Å². The molecule has 2 amide bonds. The average molecular weight is 485 g/mol. The third-order valence-corrected chi connectivity index (χ3v) is 5.36. The van der Waals surface area contributed by atoms with Gasteiger partial charge in [-0.25, -0.2) is 0 Å².